The zero-order valence-corrected chi connectivity index (χ0v) is 17.2. The van der Waals surface area contributed by atoms with Crippen LogP contribution in [-0.4, -0.2) is 30.2 Å². The molecule has 1 atom stereocenters. The van der Waals surface area contributed by atoms with Gasteiger partial charge in [0.15, 0.2) is 10.9 Å². The Morgan fingerprint density at radius 1 is 1.07 bits per heavy atom. The van der Waals surface area contributed by atoms with Gasteiger partial charge in [-0.1, -0.05) is 67.6 Å². The minimum atomic E-state index is -0.334. The van der Waals surface area contributed by atoms with Crippen molar-refractivity contribution in [3.63, 3.8) is 0 Å². The van der Waals surface area contributed by atoms with Crippen molar-refractivity contribution in [2.75, 3.05) is 0 Å². The van der Waals surface area contributed by atoms with Gasteiger partial charge in [-0.05, 0) is 25.5 Å². The van der Waals surface area contributed by atoms with Gasteiger partial charge in [-0.2, -0.15) is 0 Å². The fraction of sp³-hybridized carbons (Fsp3) is 0.273. The Labute approximate surface area is 172 Å². The van der Waals surface area contributed by atoms with Gasteiger partial charge in [-0.3, -0.25) is 18.6 Å². The van der Waals surface area contributed by atoms with Gasteiger partial charge in [0, 0.05) is 12.1 Å². The monoisotopic (exact) mass is 406 g/mol. The van der Waals surface area contributed by atoms with Crippen molar-refractivity contribution in [2.45, 2.75) is 43.6 Å². The number of carbonyl (C=O) groups excluding carboxylic acids is 1. The summed E-state index contributed by atoms with van der Waals surface area (Å²) in [5, 5.41) is 9.55. The van der Waals surface area contributed by atoms with Crippen LogP contribution in [0.4, 0.5) is 0 Å². The summed E-state index contributed by atoms with van der Waals surface area (Å²) in [6, 6.07) is 16.7. The maximum Gasteiger partial charge on any atom is 0.262 e. The minimum absolute atomic E-state index is 0.0379. The van der Waals surface area contributed by atoms with Crippen LogP contribution in [0.5, 0.6) is 0 Å². The number of rotatable bonds is 7. The molecule has 2 heterocycles. The third-order valence-electron chi connectivity index (χ3n) is 4.92. The van der Waals surface area contributed by atoms with E-state index < -0.39 is 0 Å². The van der Waals surface area contributed by atoms with E-state index in [4.69, 9.17) is 0 Å². The Hall–Kier alpha value is -2.93. The molecule has 1 unspecified atom stereocenters. The van der Waals surface area contributed by atoms with Crippen LogP contribution >= 0.6 is 11.8 Å². The lowest BCUT2D eigenvalue weighted by atomic mass is 10.1. The number of Topliss-reactive ketones (excluding diaryl/α,β-unsaturated/α-hetero) is 1. The molecule has 0 fully saturated rings. The van der Waals surface area contributed by atoms with Crippen molar-refractivity contribution in [1.82, 2.24) is 19.2 Å². The maximum atomic E-state index is 13.0. The second-order valence-corrected chi connectivity index (χ2v) is 8.24. The summed E-state index contributed by atoms with van der Waals surface area (Å²) in [5.41, 5.74) is 1.37. The molecule has 0 amide bonds. The zero-order valence-electron chi connectivity index (χ0n) is 16.4. The second-order valence-electron chi connectivity index (χ2n) is 6.94. The van der Waals surface area contributed by atoms with Gasteiger partial charge in [0.1, 0.15) is 0 Å². The van der Waals surface area contributed by atoms with E-state index >= 15 is 0 Å². The molecule has 0 aliphatic carbocycles. The molecule has 6 nitrogen and oxygen atoms in total. The van der Waals surface area contributed by atoms with E-state index in [9.17, 15) is 9.59 Å². The predicted octanol–water partition coefficient (Wildman–Crippen LogP) is 4.21. The Morgan fingerprint density at radius 2 is 1.79 bits per heavy atom. The van der Waals surface area contributed by atoms with Gasteiger partial charge in [0.2, 0.25) is 5.78 Å². The topological polar surface area (TPSA) is 69.3 Å². The number of thioether (sulfide) groups is 1. The first-order valence-corrected chi connectivity index (χ1v) is 10.6. The summed E-state index contributed by atoms with van der Waals surface area (Å²) in [4.78, 5) is 25.8. The summed E-state index contributed by atoms with van der Waals surface area (Å²) in [6.45, 7) is 4.55. The lowest BCUT2D eigenvalue weighted by molar-refractivity contribution is 0.0994. The lowest BCUT2D eigenvalue weighted by Crippen LogP contribution is -2.23. The third kappa shape index (κ3) is 3.58. The number of unbranched alkanes of at least 4 members (excludes halogenated alkanes) is 1. The lowest BCUT2D eigenvalue weighted by Gasteiger charge is -2.12. The van der Waals surface area contributed by atoms with Crippen LogP contribution in [0.25, 0.3) is 16.7 Å². The van der Waals surface area contributed by atoms with Gasteiger partial charge in [-0.25, -0.2) is 0 Å². The fourth-order valence-electron chi connectivity index (χ4n) is 3.38. The Morgan fingerprint density at radius 3 is 2.55 bits per heavy atom. The van der Waals surface area contributed by atoms with E-state index in [1.54, 1.807) is 4.57 Å². The number of aromatic nitrogens is 4. The molecular formula is C22H22N4O2S. The summed E-state index contributed by atoms with van der Waals surface area (Å²) in [6.07, 6.45) is 1.86. The highest BCUT2D eigenvalue weighted by Gasteiger charge is 2.22. The number of hydrogen-bond acceptors (Lipinski definition) is 5. The summed E-state index contributed by atoms with van der Waals surface area (Å²) >= 11 is 1.36. The molecule has 0 aliphatic heterocycles. The summed E-state index contributed by atoms with van der Waals surface area (Å²) in [5.74, 6) is 0.556. The first-order chi connectivity index (χ1) is 14.1. The van der Waals surface area contributed by atoms with Crippen LogP contribution in [-0.2, 0) is 6.54 Å². The molecule has 7 heteroatoms. The molecule has 0 aliphatic rings. The second kappa shape index (κ2) is 8.21. The molecule has 0 saturated heterocycles. The Bertz CT molecular complexity index is 1230. The molecule has 0 N–H and O–H groups in total. The van der Waals surface area contributed by atoms with Crippen LogP contribution in [0.1, 0.15) is 37.0 Å². The normalized spacial score (nSPS) is 12.5. The number of fused-ring (bicyclic) bond motifs is 3. The zero-order chi connectivity index (χ0) is 20.4. The van der Waals surface area contributed by atoms with Crippen molar-refractivity contribution in [3.8, 4) is 0 Å². The molecule has 2 aromatic heterocycles. The van der Waals surface area contributed by atoms with Crippen molar-refractivity contribution >= 4 is 34.2 Å². The number of hydrogen-bond donors (Lipinski definition) is 0. The number of carbonyl (C=O) groups is 1. The number of ketones is 1. The van der Waals surface area contributed by atoms with Crippen LogP contribution in [0.15, 0.2) is 64.5 Å². The molecule has 0 radical (unpaired) electrons. The molecule has 4 rings (SSSR count). The van der Waals surface area contributed by atoms with Crippen molar-refractivity contribution in [3.05, 3.63) is 70.5 Å². The fourth-order valence-corrected chi connectivity index (χ4v) is 4.31. The standard InChI is InChI=1S/C22H22N4O2S/c1-3-4-14-25-20(28)17-12-8-9-13-18(17)26-21(25)23-24-22(26)29-15(2)19(27)16-10-6-5-7-11-16/h5-13,15H,3-4,14H2,1-2H3. The van der Waals surface area contributed by atoms with Crippen molar-refractivity contribution < 1.29 is 4.79 Å². The highest BCUT2D eigenvalue weighted by atomic mass is 32.2. The van der Waals surface area contributed by atoms with Crippen LogP contribution in [0.2, 0.25) is 0 Å². The first-order valence-electron chi connectivity index (χ1n) is 9.74. The maximum absolute atomic E-state index is 13.0. The SMILES string of the molecule is CCCCn1c(=O)c2ccccc2n2c(SC(C)C(=O)c3ccccc3)nnc12. The first kappa shape index (κ1) is 19.4. The number of benzene rings is 2. The van der Waals surface area contributed by atoms with E-state index in [1.807, 2.05) is 65.9 Å². The largest absolute Gasteiger partial charge is 0.293 e. The predicted molar refractivity (Wildman–Crippen MR) is 116 cm³/mol. The smallest absolute Gasteiger partial charge is 0.262 e. The molecular weight excluding hydrogens is 384 g/mol. The average Bonchev–Trinajstić information content (AvgIpc) is 3.17. The van der Waals surface area contributed by atoms with E-state index in [0.29, 0.717) is 28.4 Å². The molecule has 148 valence electrons. The van der Waals surface area contributed by atoms with Gasteiger partial charge in [0.05, 0.1) is 16.2 Å². The van der Waals surface area contributed by atoms with Crippen LogP contribution in [0.3, 0.4) is 0 Å². The number of nitrogens with zero attached hydrogens (tertiary/aromatic N) is 4. The molecule has 4 aromatic rings. The van der Waals surface area contributed by atoms with Gasteiger partial charge < -0.3 is 0 Å². The average molecular weight is 407 g/mol. The number of aryl methyl sites for hydroxylation is 1. The van der Waals surface area contributed by atoms with Crippen molar-refractivity contribution in [1.29, 1.82) is 0 Å². The molecule has 0 bridgehead atoms. The van der Waals surface area contributed by atoms with E-state index in [2.05, 4.69) is 17.1 Å². The molecule has 29 heavy (non-hydrogen) atoms. The van der Waals surface area contributed by atoms with E-state index in [-0.39, 0.29) is 16.6 Å². The van der Waals surface area contributed by atoms with Gasteiger partial charge >= 0.3 is 0 Å². The van der Waals surface area contributed by atoms with E-state index in [0.717, 1.165) is 18.4 Å². The summed E-state index contributed by atoms with van der Waals surface area (Å²) in [7, 11) is 0. The highest BCUT2D eigenvalue weighted by molar-refractivity contribution is 8.00. The number of para-hydroxylation sites is 1. The van der Waals surface area contributed by atoms with Crippen LogP contribution in [0, 0.1) is 0 Å². The van der Waals surface area contributed by atoms with Crippen molar-refractivity contribution in [2.24, 2.45) is 0 Å². The molecule has 0 saturated carbocycles. The Balaban J connectivity index is 1.81. The van der Waals surface area contributed by atoms with Crippen LogP contribution < -0.4 is 5.56 Å². The summed E-state index contributed by atoms with van der Waals surface area (Å²) < 4.78 is 3.58. The Kier molecular flexibility index (Phi) is 5.49. The minimum Gasteiger partial charge on any atom is -0.293 e. The third-order valence-corrected chi connectivity index (χ3v) is 5.97. The highest BCUT2D eigenvalue weighted by Crippen LogP contribution is 2.27. The molecule has 0 spiro atoms. The quantitative estimate of drug-likeness (QED) is 0.340. The van der Waals surface area contributed by atoms with Gasteiger partial charge in [0.25, 0.3) is 5.56 Å². The van der Waals surface area contributed by atoms with Gasteiger partial charge in [-0.15, -0.1) is 10.2 Å². The van der Waals surface area contributed by atoms with E-state index in [1.165, 1.54) is 11.8 Å². The molecule has 2 aromatic carbocycles.